The molecule has 0 radical (unpaired) electrons. The molecule has 0 aliphatic carbocycles. The largest absolute Gasteiger partial charge is 0.284 e. The van der Waals surface area contributed by atoms with Gasteiger partial charge in [0.1, 0.15) is 11.8 Å². The maximum absolute atomic E-state index is 8.50. The van der Waals surface area contributed by atoms with E-state index in [1.807, 2.05) is 7.05 Å². The summed E-state index contributed by atoms with van der Waals surface area (Å²) in [6.07, 6.45) is 0.799. The van der Waals surface area contributed by atoms with Crippen molar-refractivity contribution in [3.8, 4) is 6.07 Å². The Labute approximate surface area is 61.0 Å². The molecule has 0 aromatic carbocycles. The van der Waals surface area contributed by atoms with Gasteiger partial charge in [-0.25, -0.2) is 0 Å². The quantitative estimate of drug-likeness (QED) is 0.491. The van der Waals surface area contributed by atoms with Crippen molar-refractivity contribution in [1.82, 2.24) is 4.90 Å². The second kappa shape index (κ2) is 2.80. The van der Waals surface area contributed by atoms with Gasteiger partial charge in [-0.2, -0.15) is 5.26 Å². The highest BCUT2D eigenvalue weighted by Gasteiger charge is 2.15. The molecule has 54 valence electrons. The van der Waals surface area contributed by atoms with Gasteiger partial charge in [0.05, 0.1) is 6.67 Å². The molecule has 3 nitrogen and oxygen atoms in total. The predicted octanol–water partition coefficient (Wildman–Crippen LogP) is 0.632. The van der Waals surface area contributed by atoms with Crippen molar-refractivity contribution >= 4 is 5.71 Å². The molecule has 0 bridgehead atoms. The van der Waals surface area contributed by atoms with Crippen LogP contribution in [0.2, 0.25) is 0 Å². The van der Waals surface area contributed by atoms with Crippen LogP contribution in [0.4, 0.5) is 0 Å². The first kappa shape index (κ1) is 7.23. The van der Waals surface area contributed by atoms with Gasteiger partial charge in [0.15, 0.2) is 0 Å². The Morgan fingerprint density at radius 1 is 1.80 bits per heavy atom. The molecular weight excluding hydrogens is 126 g/mol. The fourth-order valence-corrected chi connectivity index (χ4v) is 0.917. The van der Waals surface area contributed by atoms with Gasteiger partial charge < -0.3 is 0 Å². The van der Waals surface area contributed by atoms with Crippen molar-refractivity contribution in [3.63, 3.8) is 0 Å². The van der Waals surface area contributed by atoms with Crippen molar-refractivity contribution < 1.29 is 0 Å². The SMILES string of the molecule is CC1CC(C#N)=NCN1C. The van der Waals surface area contributed by atoms with E-state index in [1.54, 1.807) is 0 Å². The molecule has 0 spiro atoms. The van der Waals surface area contributed by atoms with E-state index in [2.05, 4.69) is 22.9 Å². The molecule has 1 aliphatic rings. The first-order valence-electron chi connectivity index (χ1n) is 3.37. The third-order valence-electron chi connectivity index (χ3n) is 1.85. The topological polar surface area (TPSA) is 39.4 Å². The van der Waals surface area contributed by atoms with Crippen molar-refractivity contribution in [1.29, 1.82) is 5.26 Å². The Kier molecular flexibility index (Phi) is 2.03. The highest BCUT2D eigenvalue weighted by molar-refractivity contribution is 5.99. The fraction of sp³-hybridized carbons (Fsp3) is 0.714. The minimum atomic E-state index is 0.465. The zero-order chi connectivity index (χ0) is 7.56. The van der Waals surface area contributed by atoms with Crippen molar-refractivity contribution in [2.45, 2.75) is 19.4 Å². The van der Waals surface area contributed by atoms with Gasteiger partial charge in [0.25, 0.3) is 0 Å². The number of nitriles is 1. The van der Waals surface area contributed by atoms with Gasteiger partial charge in [-0.1, -0.05) is 0 Å². The van der Waals surface area contributed by atoms with E-state index in [9.17, 15) is 0 Å². The Morgan fingerprint density at radius 3 is 3.00 bits per heavy atom. The zero-order valence-electron chi connectivity index (χ0n) is 6.33. The normalized spacial score (nSPS) is 27.3. The molecule has 3 heteroatoms. The van der Waals surface area contributed by atoms with Gasteiger partial charge >= 0.3 is 0 Å². The summed E-state index contributed by atoms with van der Waals surface area (Å²) < 4.78 is 0. The second-order valence-electron chi connectivity index (χ2n) is 2.67. The zero-order valence-corrected chi connectivity index (χ0v) is 6.33. The van der Waals surface area contributed by atoms with Gasteiger partial charge in [-0.15, -0.1) is 0 Å². The van der Waals surface area contributed by atoms with E-state index in [4.69, 9.17) is 5.26 Å². The van der Waals surface area contributed by atoms with Gasteiger partial charge in [0, 0.05) is 12.5 Å². The maximum atomic E-state index is 8.50. The highest BCUT2D eigenvalue weighted by Crippen LogP contribution is 2.07. The van der Waals surface area contributed by atoms with Crippen molar-refractivity contribution in [2.75, 3.05) is 13.7 Å². The number of hydrogen-bond acceptors (Lipinski definition) is 3. The van der Waals surface area contributed by atoms with Gasteiger partial charge in [-0.05, 0) is 14.0 Å². The fourth-order valence-electron chi connectivity index (χ4n) is 0.917. The molecule has 1 heterocycles. The van der Waals surface area contributed by atoms with E-state index in [0.717, 1.165) is 6.42 Å². The van der Waals surface area contributed by atoms with Gasteiger partial charge in [0.2, 0.25) is 0 Å². The lowest BCUT2D eigenvalue weighted by atomic mass is 10.1. The van der Waals surface area contributed by atoms with Crippen LogP contribution >= 0.6 is 0 Å². The Balaban J connectivity index is 2.63. The van der Waals surface area contributed by atoms with Gasteiger partial charge in [-0.3, -0.25) is 9.89 Å². The third-order valence-corrected chi connectivity index (χ3v) is 1.85. The lowest BCUT2D eigenvalue weighted by molar-refractivity contribution is 0.260. The Hall–Kier alpha value is -0.880. The summed E-state index contributed by atoms with van der Waals surface area (Å²) in [7, 11) is 2.02. The number of hydrogen-bond donors (Lipinski definition) is 0. The third kappa shape index (κ3) is 1.34. The minimum Gasteiger partial charge on any atom is -0.284 e. The van der Waals surface area contributed by atoms with E-state index >= 15 is 0 Å². The van der Waals surface area contributed by atoms with Crippen LogP contribution < -0.4 is 0 Å². The van der Waals surface area contributed by atoms with E-state index in [-0.39, 0.29) is 0 Å². The average molecular weight is 137 g/mol. The highest BCUT2D eigenvalue weighted by atomic mass is 15.2. The number of rotatable bonds is 0. The van der Waals surface area contributed by atoms with Crippen molar-refractivity contribution in [2.24, 2.45) is 4.99 Å². The first-order chi connectivity index (χ1) is 4.74. The smallest absolute Gasteiger partial charge is 0.115 e. The summed E-state index contributed by atoms with van der Waals surface area (Å²) in [5, 5.41) is 8.50. The van der Waals surface area contributed by atoms with Crippen LogP contribution in [0.3, 0.4) is 0 Å². The Morgan fingerprint density at radius 2 is 2.50 bits per heavy atom. The lowest BCUT2D eigenvalue weighted by Crippen LogP contribution is -2.35. The molecule has 10 heavy (non-hydrogen) atoms. The van der Waals surface area contributed by atoms with E-state index in [1.165, 1.54) is 0 Å². The Bertz CT molecular complexity index is 190. The second-order valence-corrected chi connectivity index (χ2v) is 2.67. The molecule has 0 aromatic rings. The summed E-state index contributed by atoms with van der Waals surface area (Å²) in [5.41, 5.74) is 0.686. The average Bonchev–Trinajstić information content (AvgIpc) is 1.95. The monoisotopic (exact) mass is 137 g/mol. The van der Waals surface area contributed by atoms with E-state index < -0.39 is 0 Å². The summed E-state index contributed by atoms with van der Waals surface area (Å²) in [6.45, 7) is 2.77. The van der Waals surface area contributed by atoms with Crippen LogP contribution in [0.1, 0.15) is 13.3 Å². The molecule has 0 amide bonds. The molecule has 0 fully saturated rings. The molecular formula is C7H11N3. The molecule has 0 saturated heterocycles. The molecule has 0 aromatic heterocycles. The predicted molar refractivity (Wildman–Crippen MR) is 39.8 cm³/mol. The number of aliphatic imine (C=N–C) groups is 1. The molecule has 0 N–H and O–H groups in total. The first-order valence-corrected chi connectivity index (χ1v) is 3.37. The van der Waals surface area contributed by atoms with Crippen LogP contribution in [-0.2, 0) is 0 Å². The van der Waals surface area contributed by atoms with Crippen LogP contribution in [0.5, 0.6) is 0 Å². The summed E-state index contributed by atoms with van der Waals surface area (Å²) in [4.78, 5) is 6.19. The van der Waals surface area contributed by atoms with Crippen LogP contribution in [-0.4, -0.2) is 30.4 Å². The van der Waals surface area contributed by atoms with Crippen LogP contribution in [0.25, 0.3) is 0 Å². The molecule has 1 unspecified atom stereocenters. The summed E-state index contributed by atoms with van der Waals surface area (Å²) in [6, 6.07) is 2.54. The molecule has 1 rings (SSSR count). The number of nitrogens with zero attached hydrogens (tertiary/aromatic N) is 3. The summed E-state index contributed by atoms with van der Waals surface area (Å²) >= 11 is 0. The maximum Gasteiger partial charge on any atom is 0.115 e. The van der Waals surface area contributed by atoms with Crippen LogP contribution in [0, 0.1) is 11.3 Å². The standard InChI is InChI=1S/C7H11N3/c1-6-3-7(4-8)9-5-10(6)2/h6H,3,5H2,1-2H3. The van der Waals surface area contributed by atoms with Crippen LogP contribution in [0.15, 0.2) is 4.99 Å². The lowest BCUT2D eigenvalue weighted by Gasteiger charge is -2.25. The molecule has 1 atom stereocenters. The summed E-state index contributed by atoms with van der Waals surface area (Å²) in [5.74, 6) is 0. The minimum absolute atomic E-state index is 0.465. The molecule has 0 saturated carbocycles. The molecule has 1 aliphatic heterocycles. The van der Waals surface area contributed by atoms with Crippen molar-refractivity contribution in [3.05, 3.63) is 0 Å². The van der Waals surface area contributed by atoms with E-state index in [0.29, 0.717) is 18.4 Å².